The minimum Gasteiger partial charge on any atom is -0.356 e. The van der Waals surface area contributed by atoms with Gasteiger partial charge in [-0.05, 0) is 48.5 Å². The number of benzene rings is 2. The lowest BCUT2D eigenvalue weighted by Crippen LogP contribution is -2.32. The van der Waals surface area contributed by atoms with Gasteiger partial charge in [-0.2, -0.15) is 0 Å². The van der Waals surface area contributed by atoms with Crippen LogP contribution in [0.1, 0.15) is 24.9 Å². The van der Waals surface area contributed by atoms with E-state index in [1.54, 1.807) is 12.1 Å². The second-order valence-corrected chi connectivity index (χ2v) is 7.69. The first-order valence-corrected chi connectivity index (χ1v) is 9.62. The fourth-order valence-electron chi connectivity index (χ4n) is 2.22. The van der Waals surface area contributed by atoms with Gasteiger partial charge in [-0.1, -0.05) is 37.3 Å². The van der Waals surface area contributed by atoms with Crippen LogP contribution in [0, 0.1) is 0 Å². The normalized spacial score (nSPS) is 12.4. The number of hydrogen-bond acceptors (Lipinski definition) is 3. The second-order valence-electron chi connectivity index (χ2n) is 5.27. The topological polar surface area (TPSA) is 58.2 Å². The molecule has 0 aliphatic heterocycles. The summed E-state index contributed by atoms with van der Waals surface area (Å²) in [6.07, 6.45) is 2.03. The van der Waals surface area contributed by atoms with Gasteiger partial charge < -0.3 is 10.6 Å². The molecule has 122 valence electrons. The fourth-order valence-corrected chi connectivity index (χ4v) is 3.11. The van der Waals surface area contributed by atoms with Crippen LogP contribution in [0.3, 0.4) is 0 Å². The Balaban J connectivity index is 2.06. The van der Waals surface area contributed by atoms with E-state index in [2.05, 4.69) is 10.6 Å². The molecule has 0 saturated carbocycles. The molecule has 1 atom stereocenters. The van der Waals surface area contributed by atoms with Gasteiger partial charge in [-0.3, -0.25) is 0 Å². The molecule has 0 unspecified atom stereocenters. The summed E-state index contributed by atoms with van der Waals surface area (Å²) in [5.74, 6) is 0. The Morgan fingerprint density at radius 3 is 2.22 bits per heavy atom. The largest absolute Gasteiger partial charge is 0.356 e. The first-order valence-electron chi connectivity index (χ1n) is 7.32. The Kier molecular flexibility index (Phi) is 5.74. The number of rotatable bonds is 5. The van der Waals surface area contributed by atoms with Gasteiger partial charge in [0.25, 0.3) is 0 Å². The molecule has 0 amide bonds. The van der Waals surface area contributed by atoms with Crippen molar-refractivity contribution in [1.82, 2.24) is 5.32 Å². The highest BCUT2D eigenvalue weighted by atomic mass is 32.2. The SMILES string of the molecule is CC[C@H](NC(=S)Nc1ccccc1)c1ccc(S(C)(=O)=O)cc1. The van der Waals surface area contributed by atoms with Crippen molar-refractivity contribution in [1.29, 1.82) is 0 Å². The van der Waals surface area contributed by atoms with E-state index < -0.39 is 9.84 Å². The van der Waals surface area contributed by atoms with Crippen LogP contribution in [0.4, 0.5) is 5.69 Å². The van der Waals surface area contributed by atoms with Gasteiger partial charge >= 0.3 is 0 Å². The third-order valence-corrected chi connectivity index (χ3v) is 4.80. The summed E-state index contributed by atoms with van der Waals surface area (Å²) in [5.41, 5.74) is 1.92. The zero-order valence-electron chi connectivity index (χ0n) is 13.1. The van der Waals surface area contributed by atoms with E-state index in [1.807, 2.05) is 49.4 Å². The van der Waals surface area contributed by atoms with Gasteiger partial charge in [0.05, 0.1) is 10.9 Å². The first-order chi connectivity index (χ1) is 10.9. The zero-order chi connectivity index (χ0) is 16.9. The predicted octanol–water partition coefficient (Wildman–Crippen LogP) is 3.53. The molecule has 0 fully saturated rings. The Morgan fingerprint density at radius 2 is 1.70 bits per heavy atom. The average molecular weight is 348 g/mol. The molecule has 0 aliphatic rings. The number of anilines is 1. The van der Waals surface area contributed by atoms with Crippen molar-refractivity contribution >= 4 is 32.9 Å². The van der Waals surface area contributed by atoms with Crippen molar-refractivity contribution in [2.45, 2.75) is 24.3 Å². The molecule has 6 heteroatoms. The highest BCUT2D eigenvalue weighted by molar-refractivity contribution is 7.90. The van der Waals surface area contributed by atoms with Crippen molar-refractivity contribution in [3.8, 4) is 0 Å². The van der Waals surface area contributed by atoms with E-state index in [1.165, 1.54) is 6.26 Å². The summed E-state index contributed by atoms with van der Waals surface area (Å²) < 4.78 is 23.0. The molecule has 23 heavy (non-hydrogen) atoms. The van der Waals surface area contributed by atoms with Crippen LogP contribution in [0.5, 0.6) is 0 Å². The summed E-state index contributed by atoms with van der Waals surface area (Å²) >= 11 is 5.35. The number of nitrogens with one attached hydrogen (secondary N) is 2. The van der Waals surface area contributed by atoms with E-state index in [4.69, 9.17) is 12.2 Å². The van der Waals surface area contributed by atoms with E-state index >= 15 is 0 Å². The monoisotopic (exact) mass is 348 g/mol. The highest BCUT2D eigenvalue weighted by Gasteiger charge is 2.13. The molecule has 0 bridgehead atoms. The van der Waals surface area contributed by atoms with Gasteiger partial charge in [0.1, 0.15) is 0 Å². The number of thiocarbonyl (C=S) groups is 1. The summed E-state index contributed by atoms with van der Waals surface area (Å²) in [7, 11) is -3.17. The minimum atomic E-state index is -3.17. The third-order valence-electron chi connectivity index (χ3n) is 3.46. The molecule has 2 rings (SSSR count). The molecule has 0 saturated heterocycles. The molecule has 0 radical (unpaired) electrons. The van der Waals surface area contributed by atoms with Crippen LogP contribution in [0.15, 0.2) is 59.5 Å². The van der Waals surface area contributed by atoms with E-state index in [-0.39, 0.29) is 6.04 Å². The lowest BCUT2D eigenvalue weighted by molar-refractivity contribution is 0.601. The smallest absolute Gasteiger partial charge is 0.175 e. The quantitative estimate of drug-likeness (QED) is 0.810. The number of sulfone groups is 1. The lowest BCUT2D eigenvalue weighted by Gasteiger charge is -2.20. The Hall–Kier alpha value is -1.92. The fraction of sp³-hybridized carbons (Fsp3) is 0.235. The summed E-state index contributed by atoms with van der Waals surface area (Å²) in [6.45, 7) is 2.05. The standard InChI is InChI=1S/C17H20N2O2S2/c1-3-16(13-9-11-15(12-10-13)23(2,20)21)19-17(22)18-14-7-5-4-6-8-14/h4-12,16H,3H2,1-2H3,(H2,18,19,22)/t16-/m0/s1. The molecular weight excluding hydrogens is 328 g/mol. The number of para-hydroxylation sites is 1. The predicted molar refractivity (Wildman–Crippen MR) is 98.4 cm³/mol. The first kappa shape index (κ1) is 17.4. The van der Waals surface area contributed by atoms with Crippen LogP contribution < -0.4 is 10.6 Å². The van der Waals surface area contributed by atoms with Gasteiger partial charge in [-0.25, -0.2) is 8.42 Å². The molecule has 4 nitrogen and oxygen atoms in total. The molecule has 0 aromatic heterocycles. The Bertz CT molecular complexity index is 757. The van der Waals surface area contributed by atoms with Crippen LogP contribution in [0.2, 0.25) is 0 Å². The third kappa shape index (κ3) is 5.04. The summed E-state index contributed by atoms with van der Waals surface area (Å²) in [5, 5.41) is 6.93. The minimum absolute atomic E-state index is 0.0207. The molecule has 2 aromatic carbocycles. The zero-order valence-corrected chi connectivity index (χ0v) is 14.7. The molecule has 2 N–H and O–H groups in total. The molecule has 0 heterocycles. The van der Waals surface area contributed by atoms with Gasteiger partial charge in [0.15, 0.2) is 14.9 Å². The van der Waals surface area contributed by atoms with Crippen molar-refractivity contribution < 1.29 is 8.42 Å². The molecule has 0 spiro atoms. The Labute approximate surface area is 142 Å². The maximum atomic E-state index is 11.5. The van der Waals surface area contributed by atoms with Crippen molar-refractivity contribution in [3.63, 3.8) is 0 Å². The van der Waals surface area contributed by atoms with Crippen molar-refractivity contribution in [2.24, 2.45) is 0 Å². The molecule has 0 aliphatic carbocycles. The van der Waals surface area contributed by atoms with E-state index in [0.717, 1.165) is 17.7 Å². The van der Waals surface area contributed by atoms with Gasteiger partial charge in [-0.15, -0.1) is 0 Å². The maximum Gasteiger partial charge on any atom is 0.175 e. The van der Waals surface area contributed by atoms with Crippen LogP contribution in [-0.4, -0.2) is 19.8 Å². The highest BCUT2D eigenvalue weighted by Crippen LogP contribution is 2.19. The van der Waals surface area contributed by atoms with Crippen LogP contribution in [0.25, 0.3) is 0 Å². The van der Waals surface area contributed by atoms with Crippen LogP contribution >= 0.6 is 12.2 Å². The van der Waals surface area contributed by atoms with Gasteiger partial charge in [0.2, 0.25) is 0 Å². The van der Waals surface area contributed by atoms with Crippen LogP contribution in [-0.2, 0) is 9.84 Å². The van der Waals surface area contributed by atoms with Crippen molar-refractivity contribution in [3.05, 3.63) is 60.2 Å². The summed E-state index contributed by atoms with van der Waals surface area (Å²) in [6, 6.07) is 16.6. The average Bonchev–Trinajstić information content (AvgIpc) is 2.53. The molecular formula is C17H20N2O2S2. The maximum absolute atomic E-state index is 11.5. The lowest BCUT2D eigenvalue weighted by atomic mass is 10.1. The Morgan fingerprint density at radius 1 is 1.09 bits per heavy atom. The van der Waals surface area contributed by atoms with E-state index in [0.29, 0.717) is 10.0 Å². The number of hydrogen-bond donors (Lipinski definition) is 2. The second kappa shape index (κ2) is 7.57. The summed E-state index contributed by atoms with van der Waals surface area (Å²) in [4.78, 5) is 0.320. The van der Waals surface area contributed by atoms with Crippen molar-refractivity contribution in [2.75, 3.05) is 11.6 Å². The van der Waals surface area contributed by atoms with E-state index in [9.17, 15) is 8.42 Å². The van der Waals surface area contributed by atoms with Gasteiger partial charge in [0, 0.05) is 11.9 Å². The molecule has 2 aromatic rings.